The summed E-state index contributed by atoms with van der Waals surface area (Å²) in [6.45, 7) is 0.370. The molecule has 0 bridgehead atoms. The van der Waals surface area contributed by atoms with Gasteiger partial charge in [0.25, 0.3) is 5.91 Å². The van der Waals surface area contributed by atoms with E-state index in [4.69, 9.17) is 9.47 Å². The Morgan fingerprint density at radius 3 is 2.78 bits per heavy atom. The third kappa shape index (κ3) is 3.44. The number of likely N-dealkylation sites (N-methyl/N-ethyl adjacent to an activating group) is 1. The van der Waals surface area contributed by atoms with E-state index in [1.54, 1.807) is 20.2 Å². The normalized spacial score (nSPS) is 12.3. The van der Waals surface area contributed by atoms with Gasteiger partial charge < -0.3 is 19.5 Å². The zero-order chi connectivity index (χ0) is 13.7. The van der Waals surface area contributed by atoms with E-state index >= 15 is 0 Å². The zero-order valence-corrected chi connectivity index (χ0v) is 11.1. The minimum atomic E-state index is -0.713. The molecule has 1 aromatic rings. The van der Waals surface area contributed by atoms with Crippen LogP contribution in [0.4, 0.5) is 0 Å². The summed E-state index contributed by atoms with van der Waals surface area (Å²) >= 11 is 0. The number of rotatable bonds is 6. The Hall–Kier alpha value is -1.60. The van der Waals surface area contributed by atoms with Crippen molar-refractivity contribution in [1.82, 2.24) is 14.7 Å². The number of methoxy groups -OCH3 is 2. The number of aliphatic hydroxyl groups excluding tert-OH is 1. The van der Waals surface area contributed by atoms with Crippen molar-refractivity contribution in [3.8, 4) is 5.88 Å². The van der Waals surface area contributed by atoms with Gasteiger partial charge in [-0.3, -0.25) is 4.79 Å². The number of aliphatic hydroxyl groups is 1. The molecule has 0 aliphatic rings. The number of hydrogen-bond donors (Lipinski definition) is 1. The summed E-state index contributed by atoms with van der Waals surface area (Å²) in [6, 6.07) is 1.56. The molecule has 1 heterocycles. The second kappa shape index (κ2) is 6.36. The van der Waals surface area contributed by atoms with E-state index in [0.29, 0.717) is 5.88 Å². The van der Waals surface area contributed by atoms with Crippen LogP contribution < -0.4 is 4.74 Å². The molecule has 1 aromatic heterocycles. The fourth-order valence-corrected chi connectivity index (χ4v) is 1.59. The minimum Gasteiger partial charge on any atom is -0.481 e. The third-order valence-electron chi connectivity index (χ3n) is 2.46. The Kier molecular flexibility index (Phi) is 5.11. The quantitative estimate of drug-likeness (QED) is 0.744. The third-order valence-corrected chi connectivity index (χ3v) is 2.46. The van der Waals surface area contributed by atoms with E-state index in [0.717, 1.165) is 0 Å². The number of ether oxygens (including phenoxy) is 2. The zero-order valence-electron chi connectivity index (χ0n) is 11.1. The molecule has 7 nitrogen and oxygen atoms in total. The molecule has 0 aromatic carbocycles. The standard InChI is InChI=1S/C11H19N3O4/c1-13(6-8(15)7-17-3)11(16)9-5-10(18-4)14(2)12-9/h5,8,15H,6-7H2,1-4H3. The lowest BCUT2D eigenvalue weighted by Crippen LogP contribution is -2.36. The predicted octanol–water partition coefficient (Wildman–Crippen LogP) is -0.492. The summed E-state index contributed by atoms with van der Waals surface area (Å²) in [5.41, 5.74) is 0.279. The monoisotopic (exact) mass is 257 g/mol. The Morgan fingerprint density at radius 2 is 2.28 bits per heavy atom. The van der Waals surface area contributed by atoms with Crippen molar-refractivity contribution in [2.45, 2.75) is 6.10 Å². The van der Waals surface area contributed by atoms with Gasteiger partial charge in [-0.25, -0.2) is 4.68 Å². The van der Waals surface area contributed by atoms with Crippen molar-refractivity contribution in [2.75, 3.05) is 34.4 Å². The molecule has 1 amide bonds. The van der Waals surface area contributed by atoms with Crippen LogP contribution in [0.5, 0.6) is 5.88 Å². The summed E-state index contributed by atoms with van der Waals surface area (Å²) in [6.07, 6.45) is -0.713. The van der Waals surface area contributed by atoms with Gasteiger partial charge in [-0.2, -0.15) is 5.10 Å². The first-order chi connectivity index (χ1) is 8.49. The average Bonchev–Trinajstić information content (AvgIpc) is 2.69. The maximum atomic E-state index is 12.0. The van der Waals surface area contributed by atoms with Crippen LogP contribution in [0.25, 0.3) is 0 Å². The highest BCUT2D eigenvalue weighted by Gasteiger charge is 2.19. The summed E-state index contributed by atoms with van der Waals surface area (Å²) in [5, 5.41) is 13.6. The van der Waals surface area contributed by atoms with E-state index in [-0.39, 0.29) is 24.8 Å². The first-order valence-corrected chi connectivity index (χ1v) is 5.50. The van der Waals surface area contributed by atoms with Crippen molar-refractivity contribution in [2.24, 2.45) is 7.05 Å². The molecule has 0 radical (unpaired) electrons. The Bertz CT molecular complexity index is 405. The molecular formula is C11H19N3O4. The fourth-order valence-electron chi connectivity index (χ4n) is 1.59. The molecule has 0 spiro atoms. The lowest BCUT2D eigenvalue weighted by Gasteiger charge is -2.19. The summed E-state index contributed by atoms with van der Waals surface area (Å²) < 4.78 is 11.3. The summed E-state index contributed by atoms with van der Waals surface area (Å²) in [4.78, 5) is 13.4. The highest BCUT2D eigenvalue weighted by molar-refractivity contribution is 5.92. The number of nitrogens with zero attached hydrogens (tertiary/aromatic N) is 3. The van der Waals surface area contributed by atoms with Crippen LogP contribution in [0.1, 0.15) is 10.5 Å². The molecular weight excluding hydrogens is 238 g/mol. The molecule has 102 valence electrons. The topological polar surface area (TPSA) is 76.8 Å². The first kappa shape index (κ1) is 14.5. The maximum Gasteiger partial charge on any atom is 0.274 e. The molecule has 1 N–H and O–H groups in total. The molecule has 1 atom stereocenters. The molecule has 0 aliphatic heterocycles. The van der Waals surface area contributed by atoms with Crippen LogP contribution in [-0.4, -0.2) is 66.2 Å². The number of hydrogen-bond acceptors (Lipinski definition) is 5. The fraction of sp³-hybridized carbons (Fsp3) is 0.636. The maximum absolute atomic E-state index is 12.0. The number of carbonyl (C=O) groups excluding carboxylic acids is 1. The van der Waals surface area contributed by atoms with Crippen LogP contribution in [0.2, 0.25) is 0 Å². The van der Waals surface area contributed by atoms with Gasteiger partial charge in [-0.05, 0) is 0 Å². The van der Waals surface area contributed by atoms with Crippen LogP contribution in [-0.2, 0) is 11.8 Å². The SMILES string of the molecule is COCC(O)CN(C)C(=O)c1cc(OC)n(C)n1. The largest absolute Gasteiger partial charge is 0.481 e. The second-order valence-corrected chi connectivity index (χ2v) is 3.99. The van der Waals surface area contributed by atoms with Crippen molar-refractivity contribution in [3.05, 3.63) is 11.8 Å². The summed E-state index contributed by atoms with van der Waals surface area (Å²) in [7, 11) is 6.30. The van der Waals surface area contributed by atoms with Crippen molar-refractivity contribution in [1.29, 1.82) is 0 Å². The highest BCUT2D eigenvalue weighted by Crippen LogP contribution is 2.12. The molecule has 0 saturated heterocycles. The predicted molar refractivity (Wildman–Crippen MR) is 64.6 cm³/mol. The van der Waals surface area contributed by atoms with Gasteiger partial charge >= 0.3 is 0 Å². The smallest absolute Gasteiger partial charge is 0.274 e. The average molecular weight is 257 g/mol. The van der Waals surface area contributed by atoms with Gasteiger partial charge in [0.15, 0.2) is 5.69 Å². The number of amides is 1. The van der Waals surface area contributed by atoms with E-state index in [9.17, 15) is 9.90 Å². The van der Waals surface area contributed by atoms with Crippen molar-refractivity contribution in [3.63, 3.8) is 0 Å². The Morgan fingerprint density at radius 1 is 1.61 bits per heavy atom. The van der Waals surface area contributed by atoms with Crippen molar-refractivity contribution >= 4 is 5.91 Å². The molecule has 7 heteroatoms. The van der Waals surface area contributed by atoms with Gasteiger partial charge in [0, 0.05) is 33.8 Å². The molecule has 18 heavy (non-hydrogen) atoms. The Labute approximate surface area is 106 Å². The molecule has 0 fully saturated rings. The minimum absolute atomic E-state index is 0.184. The Balaban J connectivity index is 2.67. The van der Waals surface area contributed by atoms with E-state index in [2.05, 4.69) is 5.10 Å². The highest BCUT2D eigenvalue weighted by atomic mass is 16.5. The van der Waals surface area contributed by atoms with Gasteiger partial charge in [0.2, 0.25) is 5.88 Å². The number of carbonyl (C=O) groups is 1. The molecule has 1 unspecified atom stereocenters. The van der Waals surface area contributed by atoms with Gasteiger partial charge in [0.05, 0.1) is 19.8 Å². The van der Waals surface area contributed by atoms with Gasteiger partial charge in [-0.15, -0.1) is 0 Å². The molecule has 0 aliphatic carbocycles. The second-order valence-electron chi connectivity index (χ2n) is 3.99. The van der Waals surface area contributed by atoms with Crippen LogP contribution in [0, 0.1) is 0 Å². The van der Waals surface area contributed by atoms with Crippen molar-refractivity contribution < 1.29 is 19.4 Å². The number of aryl methyl sites for hydroxylation is 1. The summed E-state index contributed by atoms with van der Waals surface area (Å²) in [5.74, 6) is 0.230. The van der Waals surface area contributed by atoms with Crippen LogP contribution in [0.15, 0.2) is 6.07 Å². The van der Waals surface area contributed by atoms with E-state index < -0.39 is 6.10 Å². The van der Waals surface area contributed by atoms with E-state index in [1.807, 2.05) is 0 Å². The van der Waals surface area contributed by atoms with E-state index in [1.165, 1.54) is 23.8 Å². The lowest BCUT2D eigenvalue weighted by atomic mass is 10.3. The van der Waals surface area contributed by atoms with Crippen LogP contribution in [0.3, 0.4) is 0 Å². The molecule has 0 saturated carbocycles. The number of aromatic nitrogens is 2. The van der Waals surface area contributed by atoms with Gasteiger partial charge in [-0.1, -0.05) is 0 Å². The lowest BCUT2D eigenvalue weighted by molar-refractivity contribution is 0.0377. The first-order valence-electron chi connectivity index (χ1n) is 5.50. The molecule has 1 rings (SSSR count). The van der Waals surface area contributed by atoms with Gasteiger partial charge in [0.1, 0.15) is 0 Å². The van der Waals surface area contributed by atoms with Crippen LogP contribution >= 0.6 is 0 Å².